The van der Waals surface area contributed by atoms with Crippen LogP contribution < -0.4 is 16.7 Å². The Balaban J connectivity index is 1.16. The third-order valence-corrected chi connectivity index (χ3v) is 17.8. The molecule has 0 aromatic heterocycles. The van der Waals surface area contributed by atoms with Crippen LogP contribution in [0.5, 0.6) is 46.0 Å². The fourth-order valence-electron chi connectivity index (χ4n) is 8.81. The van der Waals surface area contributed by atoms with Gasteiger partial charge in [0.2, 0.25) is 56.1 Å². The van der Waals surface area contributed by atoms with Crippen molar-refractivity contribution in [2.45, 2.75) is 19.6 Å². The summed E-state index contributed by atoms with van der Waals surface area (Å²) in [7, 11) is -21.2. The molecule has 0 aliphatic rings. The molecule has 0 heterocycles. The van der Waals surface area contributed by atoms with Gasteiger partial charge < -0.3 is 37.2 Å². The fourth-order valence-corrected chi connectivity index (χ4v) is 13.4. The summed E-state index contributed by atoms with van der Waals surface area (Å²) >= 11 is 0. The van der Waals surface area contributed by atoms with Crippen LogP contribution in [0.2, 0.25) is 0 Å². The van der Waals surface area contributed by atoms with E-state index in [1.165, 1.54) is 36.4 Å². The first-order valence-electron chi connectivity index (χ1n) is 23.0. The van der Waals surface area contributed by atoms with E-state index in [0.29, 0.717) is 6.07 Å². The van der Waals surface area contributed by atoms with Crippen molar-refractivity contribution in [3.05, 3.63) is 189 Å². The van der Waals surface area contributed by atoms with E-state index >= 15 is 0 Å². The van der Waals surface area contributed by atoms with Gasteiger partial charge in [-0.25, -0.2) is 0 Å². The van der Waals surface area contributed by atoms with Gasteiger partial charge in [-0.2, -0.15) is 33.7 Å². The topological polar surface area (TPSA) is 384 Å². The van der Waals surface area contributed by atoms with Crippen LogP contribution in [0.3, 0.4) is 0 Å². The Kier molecular flexibility index (Phi) is 13.4. The number of hydrogen-bond acceptors (Lipinski definition) is 21. The van der Waals surface area contributed by atoms with E-state index in [2.05, 4.69) is 19.9 Å². The highest BCUT2D eigenvalue weighted by Gasteiger charge is 2.37. The first kappa shape index (κ1) is 54.2. The maximum Gasteiger partial charge on any atom is 0.426 e. The van der Waals surface area contributed by atoms with Gasteiger partial charge in [0.15, 0.2) is 31.4 Å². The Labute approximate surface area is 461 Å². The highest BCUT2D eigenvalue weighted by molar-refractivity contribution is 7.88. The Morgan fingerprint density at radius 2 is 0.659 bits per heavy atom. The van der Waals surface area contributed by atoms with Gasteiger partial charge in [0.1, 0.15) is 25.3 Å². The monoisotopic (exact) mass is 1180 g/mol. The zero-order chi connectivity index (χ0) is 58.6. The zero-order valence-electron chi connectivity index (χ0n) is 40.8. The zero-order valence-corrected chi connectivity index (χ0v) is 44.1. The van der Waals surface area contributed by atoms with Gasteiger partial charge in [0.25, 0.3) is 0 Å². The average molecular weight is 1180 g/mol. The average Bonchev–Trinajstić information content (AvgIpc) is 3.57. The van der Waals surface area contributed by atoms with Gasteiger partial charge in [0, 0.05) is 72.9 Å². The number of phenols is 4. The van der Waals surface area contributed by atoms with E-state index in [0.717, 1.165) is 115 Å². The molecule has 0 radical (unpaired) electrons. The summed E-state index contributed by atoms with van der Waals surface area (Å²) in [6, 6.07) is 28.1. The van der Waals surface area contributed by atoms with Crippen LogP contribution in [-0.2, 0) is 40.5 Å². The second-order valence-electron chi connectivity index (χ2n) is 17.3. The summed E-state index contributed by atoms with van der Waals surface area (Å²) in [5.74, 6) is -8.31. The molecule has 0 aliphatic carbocycles. The largest absolute Gasteiger partial charge is 0.501 e. The first-order chi connectivity index (χ1) is 39.0. The molecule has 0 saturated heterocycles. The maximum atomic E-state index is 15.0. The standard InChI is InChI=1S/C53H26N8O17S4/c54-58-38-22-17-29-33(48(38)63)5-1-9-43(29)79(67,68)75-28-15-13-27(14-16-28)47(62)37-21-26-42(76-80(69,70)44-10-2-6-34-30(44)18-23-39(59-55)49(34)64)53(78-82(73,74)46-12-4-8-36-32(46)20-25-41(61-57)51(36)66)52(37)77-81(71,72)45-11-3-7-35-31(45)19-24-40(60-56)50(35)65/h1-26H/p+4. The van der Waals surface area contributed by atoms with Gasteiger partial charge in [0.05, 0.1) is 5.56 Å². The number of fused-ring (bicyclic) bond motifs is 4. The van der Waals surface area contributed by atoms with Gasteiger partial charge in [-0.05, 0) is 84.9 Å². The van der Waals surface area contributed by atoms with Crippen molar-refractivity contribution >= 4 is 112 Å². The SMILES string of the molecule is N#[N+]c1ccc2c(S(=O)(=O)Oc3ccc(C(=O)c4ccc(OS(=O)(=O)c5cccc6c(O)c([N+]#N)ccc56)c(OS(=O)(=O)c5cccc6c(O)c([N+]#N)ccc56)c4OS(=O)(=O)c4cccc5c(O)c([N+]#N)ccc45)cc3)cccc2c1O. The molecular weight excluding hydrogens is 1150 g/mol. The molecule has 0 amide bonds. The summed E-state index contributed by atoms with van der Waals surface area (Å²) in [4.78, 5) is 24.1. The molecule has 0 aliphatic heterocycles. The molecule has 29 heteroatoms. The minimum atomic E-state index is -5.53. The van der Waals surface area contributed by atoms with Crippen LogP contribution >= 0.6 is 0 Å². The molecule has 10 aromatic carbocycles. The molecule has 404 valence electrons. The van der Waals surface area contributed by atoms with E-state index in [1.54, 1.807) is 0 Å². The molecule has 0 atom stereocenters. The van der Waals surface area contributed by atoms with Crippen LogP contribution in [0.1, 0.15) is 15.9 Å². The Hall–Kier alpha value is -11.2. The van der Waals surface area contributed by atoms with Gasteiger partial charge in [-0.15, -0.1) is 0 Å². The minimum Gasteiger partial charge on any atom is -0.501 e. The van der Waals surface area contributed by atoms with Gasteiger partial charge >= 0.3 is 63.2 Å². The Morgan fingerprint density at radius 1 is 0.341 bits per heavy atom. The summed E-state index contributed by atoms with van der Waals surface area (Å²) in [6.07, 6.45) is 0. The number of carbonyl (C=O) groups excluding carboxylic acids is 1. The number of phenolic OH excluding ortho intramolecular Hbond substituents is 4. The predicted octanol–water partition coefficient (Wildman–Crippen LogP) is 11.4. The number of benzene rings is 10. The summed E-state index contributed by atoms with van der Waals surface area (Å²) < 4.78 is 138. The third kappa shape index (κ3) is 9.36. The van der Waals surface area contributed by atoms with E-state index in [1.807, 2.05) is 0 Å². The lowest BCUT2D eigenvalue weighted by molar-refractivity contribution is 0.103. The molecule has 25 nitrogen and oxygen atoms in total. The maximum absolute atomic E-state index is 15.0. The van der Waals surface area contributed by atoms with Crippen molar-refractivity contribution in [3.63, 3.8) is 0 Å². The van der Waals surface area contributed by atoms with Crippen LogP contribution in [0.15, 0.2) is 177 Å². The quantitative estimate of drug-likeness (QED) is 0.0446. The van der Waals surface area contributed by atoms with Crippen molar-refractivity contribution < 1.29 is 75.6 Å². The number of nitrogens with zero attached hydrogens (tertiary/aromatic N) is 8. The lowest BCUT2D eigenvalue weighted by atomic mass is 10.0. The van der Waals surface area contributed by atoms with E-state index in [9.17, 15) is 80.5 Å². The van der Waals surface area contributed by atoms with Crippen LogP contribution in [-0.4, -0.2) is 59.9 Å². The molecule has 0 saturated carbocycles. The van der Waals surface area contributed by atoms with E-state index < -0.39 is 134 Å². The summed E-state index contributed by atoms with van der Waals surface area (Å²) in [5.41, 5.74) is -2.75. The van der Waals surface area contributed by atoms with E-state index in [-0.39, 0.29) is 54.5 Å². The lowest BCUT2D eigenvalue weighted by Gasteiger charge is -2.20. The van der Waals surface area contributed by atoms with Crippen molar-refractivity contribution in [3.8, 4) is 46.0 Å². The molecule has 10 aromatic rings. The van der Waals surface area contributed by atoms with E-state index in [4.69, 9.17) is 16.7 Å². The minimum absolute atomic E-state index is 0.0243. The Morgan fingerprint density at radius 3 is 1.00 bits per heavy atom. The molecule has 0 spiro atoms. The number of hydrogen-bond donors (Lipinski definition) is 4. The van der Waals surface area contributed by atoms with Gasteiger partial charge in [-0.3, -0.25) is 4.79 Å². The van der Waals surface area contributed by atoms with Crippen molar-refractivity contribution in [2.75, 3.05) is 0 Å². The molecule has 0 bridgehead atoms. The predicted molar refractivity (Wildman–Crippen MR) is 289 cm³/mol. The summed E-state index contributed by atoms with van der Waals surface area (Å²) in [5, 5.41) is 79.3. The second-order valence-corrected chi connectivity index (χ2v) is 23.4. The first-order valence-corrected chi connectivity index (χ1v) is 28.7. The van der Waals surface area contributed by atoms with Crippen molar-refractivity contribution in [1.29, 1.82) is 21.6 Å². The van der Waals surface area contributed by atoms with Crippen molar-refractivity contribution in [1.82, 2.24) is 0 Å². The van der Waals surface area contributed by atoms with Crippen LogP contribution in [0.25, 0.3) is 63.0 Å². The fraction of sp³-hybridized carbons (Fsp3) is 0. The molecule has 4 N–H and O–H groups in total. The number of ketones is 1. The smallest absolute Gasteiger partial charge is 0.426 e. The highest BCUT2D eigenvalue weighted by atomic mass is 32.2. The molecular formula is C53H30N8O17S4+4. The number of rotatable bonds is 14. The number of carbonyl (C=O) groups is 1. The molecule has 0 unspecified atom stereocenters. The van der Waals surface area contributed by atoms with Crippen LogP contribution in [0.4, 0.5) is 22.7 Å². The molecule has 10 rings (SSSR count). The van der Waals surface area contributed by atoms with Crippen molar-refractivity contribution in [2.24, 2.45) is 0 Å². The highest BCUT2D eigenvalue weighted by Crippen LogP contribution is 2.48. The third-order valence-electron chi connectivity index (χ3n) is 12.6. The second kappa shape index (κ2) is 20.2. The number of diazo groups is 4. The molecule has 82 heavy (non-hydrogen) atoms. The Bertz CT molecular complexity index is 5140. The summed E-state index contributed by atoms with van der Waals surface area (Å²) in [6.45, 7) is 0. The van der Waals surface area contributed by atoms with Gasteiger partial charge in [-0.1, -0.05) is 48.5 Å². The number of aromatic hydroxyl groups is 4. The lowest BCUT2D eigenvalue weighted by Crippen LogP contribution is -2.19. The van der Waals surface area contributed by atoms with Crippen LogP contribution in [0, 0.1) is 21.6 Å². The molecule has 0 fully saturated rings. The normalized spacial score (nSPS) is 11.8.